The van der Waals surface area contributed by atoms with E-state index < -0.39 is 0 Å². The third kappa shape index (κ3) is 2.10. The van der Waals surface area contributed by atoms with Crippen molar-refractivity contribution in [2.24, 2.45) is 0 Å². The monoisotopic (exact) mass is 259 g/mol. The first-order valence-corrected chi connectivity index (χ1v) is 6.52. The normalized spacial score (nSPS) is 18.1. The SMILES string of the molecule is COc1ccc(-c2nnc3n2CCCC3CO)cc1. The van der Waals surface area contributed by atoms with Gasteiger partial charge in [-0.1, -0.05) is 0 Å². The van der Waals surface area contributed by atoms with Crippen LogP contribution in [0.25, 0.3) is 11.4 Å². The number of aliphatic hydroxyl groups is 1. The van der Waals surface area contributed by atoms with E-state index in [1.807, 2.05) is 24.3 Å². The Labute approximate surface area is 111 Å². The van der Waals surface area contributed by atoms with Crippen molar-refractivity contribution in [3.05, 3.63) is 30.1 Å². The fraction of sp³-hybridized carbons (Fsp3) is 0.429. The molecule has 1 unspecified atom stereocenters. The lowest BCUT2D eigenvalue weighted by Gasteiger charge is -2.21. The average molecular weight is 259 g/mol. The lowest BCUT2D eigenvalue weighted by atomic mass is 10.00. The quantitative estimate of drug-likeness (QED) is 0.913. The van der Waals surface area contributed by atoms with Crippen molar-refractivity contribution in [1.29, 1.82) is 0 Å². The van der Waals surface area contributed by atoms with Crippen LogP contribution in [0.2, 0.25) is 0 Å². The molecule has 5 heteroatoms. The number of hydrogen-bond donors (Lipinski definition) is 1. The van der Waals surface area contributed by atoms with Crippen molar-refractivity contribution in [3.8, 4) is 17.1 Å². The van der Waals surface area contributed by atoms with Crippen LogP contribution in [0.3, 0.4) is 0 Å². The molecule has 0 spiro atoms. The summed E-state index contributed by atoms with van der Waals surface area (Å²) in [6, 6.07) is 7.81. The van der Waals surface area contributed by atoms with Gasteiger partial charge in [-0.2, -0.15) is 0 Å². The van der Waals surface area contributed by atoms with E-state index >= 15 is 0 Å². The molecule has 0 bridgehead atoms. The first kappa shape index (κ1) is 12.2. The van der Waals surface area contributed by atoms with Crippen molar-refractivity contribution in [2.45, 2.75) is 25.3 Å². The Kier molecular flexibility index (Phi) is 3.21. The molecular formula is C14H17N3O2. The van der Waals surface area contributed by atoms with E-state index in [-0.39, 0.29) is 12.5 Å². The molecule has 0 aliphatic carbocycles. The number of methoxy groups -OCH3 is 1. The van der Waals surface area contributed by atoms with E-state index in [9.17, 15) is 5.11 Å². The minimum Gasteiger partial charge on any atom is -0.497 e. The largest absolute Gasteiger partial charge is 0.497 e. The van der Waals surface area contributed by atoms with Crippen molar-refractivity contribution in [2.75, 3.05) is 13.7 Å². The average Bonchev–Trinajstić information content (AvgIpc) is 2.91. The van der Waals surface area contributed by atoms with Gasteiger partial charge < -0.3 is 14.4 Å². The van der Waals surface area contributed by atoms with Gasteiger partial charge in [0, 0.05) is 18.0 Å². The molecule has 1 atom stereocenters. The molecule has 0 fully saturated rings. The van der Waals surface area contributed by atoms with Crippen molar-refractivity contribution in [1.82, 2.24) is 14.8 Å². The van der Waals surface area contributed by atoms with Crippen LogP contribution in [-0.4, -0.2) is 33.6 Å². The van der Waals surface area contributed by atoms with E-state index in [1.54, 1.807) is 7.11 Å². The molecule has 0 saturated carbocycles. The van der Waals surface area contributed by atoms with E-state index in [0.717, 1.165) is 42.3 Å². The second-order valence-corrected chi connectivity index (χ2v) is 4.78. The number of aromatic nitrogens is 3. The fourth-order valence-corrected chi connectivity index (χ4v) is 2.59. The molecule has 1 aromatic carbocycles. The number of rotatable bonds is 3. The highest BCUT2D eigenvalue weighted by Gasteiger charge is 2.24. The number of hydrogen-bond acceptors (Lipinski definition) is 4. The van der Waals surface area contributed by atoms with Gasteiger partial charge in [0.25, 0.3) is 0 Å². The maximum absolute atomic E-state index is 9.39. The van der Waals surface area contributed by atoms with Crippen molar-refractivity contribution in [3.63, 3.8) is 0 Å². The molecule has 5 nitrogen and oxygen atoms in total. The predicted molar refractivity (Wildman–Crippen MR) is 71.1 cm³/mol. The van der Waals surface area contributed by atoms with E-state index in [4.69, 9.17) is 4.74 Å². The molecule has 100 valence electrons. The first-order chi connectivity index (χ1) is 9.33. The highest BCUT2D eigenvalue weighted by Crippen LogP contribution is 2.30. The second kappa shape index (κ2) is 5.01. The summed E-state index contributed by atoms with van der Waals surface area (Å²) in [5.41, 5.74) is 1.03. The van der Waals surface area contributed by atoms with Gasteiger partial charge in [-0.25, -0.2) is 0 Å². The molecule has 0 radical (unpaired) electrons. The first-order valence-electron chi connectivity index (χ1n) is 6.52. The van der Waals surface area contributed by atoms with Crippen molar-refractivity contribution < 1.29 is 9.84 Å². The van der Waals surface area contributed by atoms with Crippen molar-refractivity contribution >= 4 is 0 Å². The van der Waals surface area contributed by atoms with Crippen LogP contribution in [-0.2, 0) is 6.54 Å². The molecule has 1 aliphatic heterocycles. The Morgan fingerprint density at radius 2 is 2.11 bits per heavy atom. The molecular weight excluding hydrogens is 242 g/mol. The summed E-state index contributed by atoms with van der Waals surface area (Å²) in [6.45, 7) is 1.06. The molecule has 1 aromatic heterocycles. The van der Waals surface area contributed by atoms with Crippen LogP contribution < -0.4 is 4.74 Å². The molecule has 19 heavy (non-hydrogen) atoms. The van der Waals surface area contributed by atoms with Gasteiger partial charge in [-0.05, 0) is 37.1 Å². The molecule has 2 heterocycles. The van der Waals surface area contributed by atoms with E-state index in [2.05, 4.69) is 14.8 Å². The fourth-order valence-electron chi connectivity index (χ4n) is 2.59. The minimum absolute atomic E-state index is 0.119. The summed E-state index contributed by atoms with van der Waals surface area (Å²) in [5, 5.41) is 17.9. The van der Waals surface area contributed by atoms with Gasteiger partial charge in [-0.3, -0.25) is 0 Å². The Balaban J connectivity index is 1.99. The van der Waals surface area contributed by atoms with Crippen LogP contribution in [0.1, 0.15) is 24.6 Å². The Hall–Kier alpha value is -1.88. The number of aliphatic hydroxyl groups excluding tert-OH is 1. The number of nitrogens with zero attached hydrogens (tertiary/aromatic N) is 3. The van der Waals surface area contributed by atoms with Crippen LogP contribution in [0, 0.1) is 0 Å². The summed E-state index contributed by atoms with van der Waals surface area (Å²) < 4.78 is 7.27. The number of ether oxygens (including phenoxy) is 1. The van der Waals surface area contributed by atoms with Gasteiger partial charge in [0.05, 0.1) is 13.7 Å². The molecule has 0 amide bonds. The smallest absolute Gasteiger partial charge is 0.163 e. The van der Waals surface area contributed by atoms with E-state index in [1.165, 1.54) is 0 Å². The Bertz CT molecular complexity index is 563. The Morgan fingerprint density at radius 1 is 1.32 bits per heavy atom. The highest BCUT2D eigenvalue weighted by molar-refractivity contribution is 5.57. The third-order valence-electron chi connectivity index (χ3n) is 3.65. The summed E-state index contributed by atoms with van der Waals surface area (Å²) in [7, 11) is 1.65. The lowest BCUT2D eigenvalue weighted by Crippen LogP contribution is -2.19. The lowest BCUT2D eigenvalue weighted by molar-refractivity contribution is 0.238. The summed E-state index contributed by atoms with van der Waals surface area (Å²) in [4.78, 5) is 0. The third-order valence-corrected chi connectivity index (χ3v) is 3.65. The maximum Gasteiger partial charge on any atom is 0.163 e. The van der Waals surface area contributed by atoms with Gasteiger partial charge in [0.2, 0.25) is 0 Å². The second-order valence-electron chi connectivity index (χ2n) is 4.78. The summed E-state index contributed by atoms with van der Waals surface area (Å²) in [5.74, 6) is 2.72. The van der Waals surface area contributed by atoms with Crippen LogP contribution in [0.5, 0.6) is 5.75 Å². The van der Waals surface area contributed by atoms with Crippen LogP contribution in [0.4, 0.5) is 0 Å². The zero-order valence-electron chi connectivity index (χ0n) is 10.9. The molecule has 1 N–H and O–H groups in total. The topological polar surface area (TPSA) is 60.2 Å². The molecule has 1 aliphatic rings. The van der Waals surface area contributed by atoms with Gasteiger partial charge >= 0.3 is 0 Å². The van der Waals surface area contributed by atoms with Gasteiger partial charge in [0.1, 0.15) is 11.6 Å². The maximum atomic E-state index is 9.39. The highest BCUT2D eigenvalue weighted by atomic mass is 16.5. The predicted octanol–water partition coefficient (Wildman–Crippen LogP) is 1.82. The van der Waals surface area contributed by atoms with Gasteiger partial charge in [0.15, 0.2) is 5.82 Å². The summed E-state index contributed by atoms with van der Waals surface area (Å²) >= 11 is 0. The van der Waals surface area contributed by atoms with Gasteiger partial charge in [-0.15, -0.1) is 10.2 Å². The van der Waals surface area contributed by atoms with Crippen LogP contribution in [0.15, 0.2) is 24.3 Å². The molecule has 0 saturated heterocycles. The number of benzene rings is 1. The zero-order valence-corrected chi connectivity index (χ0v) is 10.9. The molecule has 3 rings (SSSR count). The number of fused-ring (bicyclic) bond motifs is 1. The standard InChI is InChI=1S/C14H17N3O2/c1-19-12-6-4-10(5-7-12)13-15-16-14-11(9-18)3-2-8-17(13)14/h4-7,11,18H,2-3,8-9H2,1H3. The summed E-state index contributed by atoms with van der Waals surface area (Å²) in [6.07, 6.45) is 2.04. The Morgan fingerprint density at radius 3 is 2.79 bits per heavy atom. The minimum atomic E-state index is 0.119. The zero-order chi connectivity index (χ0) is 13.2. The van der Waals surface area contributed by atoms with Crippen LogP contribution >= 0.6 is 0 Å². The molecule has 2 aromatic rings. The van der Waals surface area contributed by atoms with E-state index in [0.29, 0.717) is 0 Å².